The fraction of sp³-hybridized carbons (Fsp3) is 0.0870. The molecule has 0 saturated heterocycles. The predicted molar refractivity (Wildman–Crippen MR) is 226 cm³/mol. The van der Waals surface area contributed by atoms with Gasteiger partial charge in [0.1, 0.15) is 45.7 Å². The third-order valence-corrected chi connectivity index (χ3v) is 10.9. The maximum Gasteiger partial charge on any atom is 0.743 e. The fourth-order valence-electron chi connectivity index (χ4n) is 8.35. The predicted octanol–water partition coefficient (Wildman–Crippen LogP) is 8.23. The second-order valence-electron chi connectivity index (χ2n) is 14.8. The van der Waals surface area contributed by atoms with E-state index in [4.69, 9.17) is 44.0 Å². The van der Waals surface area contributed by atoms with Crippen molar-refractivity contribution < 1.29 is 27.5 Å². The van der Waals surface area contributed by atoms with Gasteiger partial charge < -0.3 is 36.4 Å². The van der Waals surface area contributed by atoms with E-state index in [9.17, 15) is 5.26 Å². The van der Waals surface area contributed by atoms with E-state index >= 15 is 0 Å². The van der Waals surface area contributed by atoms with E-state index in [0.29, 0.717) is 78.1 Å². The van der Waals surface area contributed by atoms with Gasteiger partial charge >= 0.3 is 14.5 Å². The highest BCUT2D eigenvalue weighted by Crippen LogP contribution is 2.41. The summed E-state index contributed by atoms with van der Waals surface area (Å²) in [6.07, 6.45) is 0. The molecule has 0 radical (unpaired) electrons. The van der Waals surface area contributed by atoms with Gasteiger partial charge in [0.2, 0.25) is 11.8 Å². The molecule has 286 valence electrons. The van der Waals surface area contributed by atoms with Crippen molar-refractivity contribution >= 4 is 58.7 Å². The van der Waals surface area contributed by atoms with Crippen LogP contribution in [0.3, 0.4) is 0 Å². The number of para-hydroxylation sites is 8. The summed E-state index contributed by atoms with van der Waals surface area (Å²) < 4.78 is 43.1. The second-order valence-corrected chi connectivity index (χ2v) is 14.8. The molecule has 0 atom stereocenters. The molecule has 14 heteroatoms. The lowest BCUT2D eigenvalue weighted by Crippen LogP contribution is -2.45. The van der Waals surface area contributed by atoms with Crippen LogP contribution >= 0.6 is 0 Å². The van der Waals surface area contributed by atoms with Crippen molar-refractivity contribution in [2.75, 3.05) is 0 Å². The number of hydrogen-bond acceptors (Lipinski definition) is 9. The highest BCUT2D eigenvalue weighted by atomic mass is 16.6. The molecule has 11 rings (SSSR count). The van der Waals surface area contributed by atoms with Crippen LogP contribution in [0.4, 0.5) is 0 Å². The van der Waals surface area contributed by atoms with Crippen molar-refractivity contribution in [2.45, 2.75) is 26.7 Å². The van der Waals surface area contributed by atoms with Gasteiger partial charge in [0.15, 0.2) is 11.2 Å². The summed E-state index contributed by atoms with van der Waals surface area (Å²) in [4.78, 5) is 13.9. The van der Waals surface area contributed by atoms with E-state index in [-0.39, 0.29) is 29.0 Å². The summed E-state index contributed by atoms with van der Waals surface area (Å²) >= 11 is 0. The normalized spacial score (nSPS) is 14.0. The third-order valence-electron chi connectivity index (χ3n) is 10.9. The number of benzene rings is 5. The first-order valence-corrected chi connectivity index (χ1v) is 19.4. The van der Waals surface area contributed by atoms with Gasteiger partial charge in [-0.2, -0.15) is 5.26 Å². The van der Waals surface area contributed by atoms with Gasteiger partial charge in [0, 0.05) is 22.0 Å². The minimum Gasteiger partial charge on any atom is -0.503 e. The molecule has 60 heavy (non-hydrogen) atoms. The van der Waals surface area contributed by atoms with Crippen LogP contribution < -0.4 is 29.3 Å². The quantitative estimate of drug-likeness (QED) is 0.121. The molecule has 4 aromatic heterocycles. The molecule has 0 fully saturated rings. The monoisotopic (exact) mass is 784 g/mol. The zero-order valence-corrected chi connectivity index (χ0v) is 32.4. The fourth-order valence-corrected chi connectivity index (χ4v) is 8.35. The summed E-state index contributed by atoms with van der Waals surface area (Å²) in [5, 5.41) is 13.4. The van der Waals surface area contributed by atoms with Gasteiger partial charge in [-0.1, -0.05) is 86.6 Å². The topological polar surface area (TPSA) is 127 Å². The zero-order valence-electron chi connectivity index (χ0n) is 32.4. The molecule has 0 aliphatic carbocycles. The van der Waals surface area contributed by atoms with Gasteiger partial charge in [0.05, 0.1) is 23.0 Å². The Morgan fingerprint density at radius 1 is 0.650 bits per heavy atom. The van der Waals surface area contributed by atoms with Crippen LogP contribution in [-0.4, -0.2) is 33.4 Å². The van der Waals surface area contributed by atoms with E-state index in [1.807, 2.05) is 151 Å². The highest BCUT2D eigenvalue weighted by Gasteiger charge is 2.45. The summed E-state index contributed by atoms with van der Waals surface area (Å²) in [7, 11) is -2.19. The van der Waals surface area contributed by atoms with E-state index < -0.39 is 14.5 Å². The van der Waals surface area contributed by atoms with Gasteiger partial charge in [-0.3, -0.25) is 0 Å². The molecular formula is C46H30B2N6O6. The van der Waals surface area contributed by atoms with E-state index in [1.54, 1.807) is 0 Å². The Morgan fingerprint density at radius 3 is 1.68 bits per heavy atom. The molecule has 0 spiro atoms. The first-order chi connectivity index (χ1) is 29.4. The molecule has 2 aliphatic rings. The van der Waals surface area contributed by atoms with Gasteiger partial charge in [-0.25, -0.2) is 14.8 Å². The van der Waals surface area contributed by atoms with Gasteiger partial charge in [-0.05, 0) is 66.9 Å². The average Bonchev–Trinajstić information content (AvgIpc) is 4.12. The van der Waals surface area contributed by atoms with Crippen LogP contribution in [0.25, 0.3) is 60.3 Å². The number of hydrogen-bond donors (Lipinski definition) is 0. The summed E-state index contributed by atoms with van der Waals surface area (Å²) in [5.74, 6) is 2.08. The summed E-state index contributed by atoms with van der Waals surface area (Å²) in [5.41, 5.74) is 5.43. The lowest BCUT2D eigenvalue weighted by atomic mass is 9.99. The van der Waals surface area contributed by atoms with Crippen molar-refractivity contribution in [3.05, 3.63) is 166 Å². The largest absolute Gasteiger partial charge is 0.743 e. The van der Waals surface area contributed by atoms with Crippen LogP contribution in [0.1, 0.15) is 42.8 Å². The van der Waals surface area contributed by atoms with Crippen molar-refractivity contribution in [1.29, 1.82) is 5.26 Å². The summed E-state index contributed by atoms with van der Waals surface area (Å²) in [6, 6.07) is 40.0. The Labute approximate surface area is 342 Å². The highest BCUT2D eigenvalue weighted by molar-refractivity contribution is 6.48. The van der Waals surface area contributed by atoms with Crippen LogP contribution in [0.2, 0.25) is 0 Å². The minimum atomic E-state index is -1.11. The Morgan fingerprint density at radius 2 is 1.15 bits per heavy atom. The molecule has 12 nitrogen and oxygen atoms in total. The molecule has 0 N–H and O–H groups in total. The number of fused-ring (bicyclic) bond motifs is 5. The number of oxazole rings is 2. The molecular weight excluding hydrogens is 754 g/mol. The zero-order chi connectivity index (χ0) is 40.6. The number of nitriles is 1. The van der Waals surface area contributed by atoms with Crippen molar-refractivity contribution in [1.82, 2.24) is 18.9 Å². The Hall–Kier alpha value is -8.09. The van der Waals surface area contributed by atoms with E-state index in [0.717, 1.165) is 11.1 Å². The van der Waals surface area contributed by atoms with Gasteiger partial charge in [0.25, 0.3) is 5.70 Å². The third kappa shape index (κ3) is 5.24. The summed E-state index contributed by atoms with van der Waals surface area (Å²) in [6.45, 7) is 15.0. The van der Waals surface area contributed by atoms with E-state index in [1.165, 1.54) is 0 Å². The Bertz CT molecular complexity index is 3250. The van der Waals surface area contributed by atoms with E-state index in [2.05, 4.69) is 10.9 Å². The lowest BCUT2D eigenvalue weighted by Gasteiger charge is -2.18. The number of nitrogens with zero attached hydrogens (tertiary/aromatic N) is 6. The van der Waals surface area contributed by atoms with Crippen molar-refractivity contribution in [3.8, 4) is 40.3 Å². The molecule has 5 aromatic carbocycles. The molecule has 2 aliphatic heterocycles. The molecule has 0 unspecified atom stereocenters. The first-order valence-electron chi connectivity index (χ1n) is 19.4. The molecule has 6 heterocycles. The Kier molecular flexibility index (Phi) is 7.90. The maximum absolute atomic E-state index is 11.4. The maximum atomic E-state index is 11.4. The molecule has 0 bridgehead atoms. The van der Waals surface area contributed by atoms with Crippen LogP contribution in [-0.2, 0) is 0 Å². The van der Waals surface area contributed by atoms with Crippen LogP contribution in [0.15, 0.2) is 130 Å². The number of aryl methyl sites for hydroxylation is 1. The standard InChI is InChI=1S/C46H30B2N6O6/c1-26(2)41-38-39(43(53(41)47-57-34-21-11-12-22-35(34)58-47)29(25-49)45-51-30-17-7-9-19-32(30)55-45)42(28-16-6-5-15-27(28)3)54(48-59-36-23-13-14-24-37(36)60-48)44(38)40(50-4)46-52-31-18-8-10-20-33(31)56-46/h5-24,26H,1-3H3/b43-29-,44-40+. The number of rotatable bonds is 6. The lowest BCUT2D eigenvalue weighted by molar-refractivity contribution is 0.473. The minimum absolute atomic E-state index is 0.0988. The molecule has 0 saturated carbocycles. The smallest absolute Gasteiger partial charge is 0.503 e. The van der Waals surface area contributed by atoms with Crippen LogP contribution in [0.5, 0.6) is 23.0 Å². The second kappa shape index (κ2) is 13.5. The Balaban J connectivity index is 1.40. The van der Waals surface area contributed by atoms with Crippen molar-refractivity contribution in [3.63, 3.8) is 0 Å². The van der Waals surface area contributed by atoms with Gasteiger partial charge in [-0.15, -0.1) is 0 Å². The molecule has 9 aromatic rings. The number of aromatic nitrogens is 4. The average molecular weight is 784 g/mol. The van der Waals surface area contributed by atoms with Crippen molar-refractivity contribution in [2.24, 2.45) is 0 Å². The SMILES string of the molecule is [C-]#[N+]/C(c1nc2ccccc2o1)=c1\c2c(C(C)C)n(B3Oc4ccccc4O3)/c(=C(/C#N)c3nc4ccccc4o3)c2c(-c2ccccc2C)n1B1Oc2ccccc2O1. The van der Waals surface area contributed by atoms with Crippen LogP contribution in [0, 0.1) is 24.8 Å². The molecule has 0 amide bonds. The first kappa shape index (κ1) is 35.1.